The molecule has 0 radical (unpaired) electrons. The van der Waals surface area contributed by atoms with Crippen LogP contribution in [0.5, 0.6) is 0 Å². The molecule has 2 N–H and O–H groups in total. The van der Waals surface area contributed by atoms with Crippen LogP contribution in [0.2, 0.25) is 0 Å². The van der Waals surface area contributed by atoms with Gasteiger partial charge in [0.15, 0.2) is 0 Å². The minimum atomic E-state index is -0.312. The van der Waals surface area contributed by atoms with Gasteiger partial charge in [0.2, 0.25) is 5.91 Å². The van der Waals surface area contributed by atoms with Crippen molar-refractivity contribution < 1.29 is 4.79 Å². The summed E-state index contributed by atoms with van der Waals surface area (Å²) in [5.41, 5.74) is 8.87. The Morgan fingerprint density at radius 2 is 1.71 bits per heavy atom. The Morgan fingerprint density at radius 3 is 2.33 bits per heavy atom. The highest BCUT2D eigenvalue weighted by Gasteiger charge is 2.44. The average Bonchev–Trinajstić information content (AvgIpc) is 2.91. The van der Waals surface area contributed by atoms with Crippen LogP contribution in [0.1, 0.15) is 43.0 Å². The van der Waals surface area contributed by atoms with Gasteiger partial charge in [-0.1, -0.05) is 61.5 Å². The molecule has 0 saturated carbocycles. The van der Waals surface area contributed by atoms with E-state index in [0.29, 0.717) is 6.54 Å². The van der Waals surface area contributed by atoms with Gasteiger partial charge in [0.1, 0.15) is 0 Å². The van der Waals surface area contributed by atoms with Gasteiger partial charge in [-0.15, -0.1) is 0 Å². The monoisotopic (exact) mass is 322 g/mol. The fourth-order valence-corrected chi connectivity index (χ4v) is 3.61. The van der Waals surface area contributed by atoms with Crippen LogP contribution in [0.15, 0.2) is 54.6 Å². The maximum atomic E-state index is 13.1. The van der Waals surface area contributed by atoms with Crippen molar-refractivity contribution in [3.8, 4) is 0 Å². The first-order valence-corrected chi connectivity index (χ1v) is 8.67. The van der Waals surface area contributed by atoms with E-state index in [-0.39, 0.29) is 17.4 Å². The zero-order chi connectivity index (χ0) is 17.2. The highest BCUT2D eigenvalue weighted by atomic mass is 16.2. The molecule has 3 rings (SSSR count). The zero-order valence-electron chi connectivity index (χ0n) is 14.5. The standard InChI is InChI=1S/C21H26N2O/c1-16(19-6-4-3-5-7-19)23-13-12-21(2,20(23)24)14-17-8-10-18(15-22)11-9-17/h3-11,16H,12-15,22H2,1-2H3. The number of benzene rings is 2. The Kier molecular flexibility index (Phi) is 4.72. The molecule has 2 unspecified atom stereocenters. The van der Waals surface area contributed by atoms with E-state index in [0.717, 1.165) is 24.9 Å². The second-order valence-corrected chi connectivity index (χ2v) is 7.09. The molecule has 2 aromatic carbocycles. The first-order valence-electron chi connectivity index (χ1n) is 8.67. The number of nitrogens with zero attached hydrogens (tertiary/aromatic N) is 1. The molecule has 1 aliphatic rings. The van der Waals surface area contributed by atoms with Crippen LogP contribution in [-0.4, -0.2) is 17.4 Å². The van der Waals surface area contributed by atoms with Gasteiger partial charge in [-0.05, 0) is 36.5 Å². The SMILES string of the molecule is CC(c1ccccc1)N1CCC(C)(Cc2ccc(CN)cc2)C1=O. The lowest BCUT2D eigenvalue weighted by Crippen LogP contribution is -2.35. The zero-order valence-corrected chi connectivity index (χ0v) is 14.5. The van der Waals surface area contributed by atoms with E-state index in [1.165, 1.54) is 11.1 Å². The molecule has 3 heteroatoms. The third-order valence-corrected chi connectivity index (χ3v) is 5.28. The maximum absolute atomic E-state index is 13.1. The van der Waals surface area contributed by atoms with Crippen molar-refractivity contribution in [1.82, 2.24) is 4.90 Å². The summed E-state index contributed by atoms with van der Waals surface area (Å²) >= 11 is 0. The summed E-state index contributed by atoms with van der Waals surface area (Å²) in [6.45, 7) is 5.60. The van der Waals surface area contributed by atoms with Gasteiger partial charge in [0.25, 0.3) is 0 Å². The van der Waals surface area contributed by atoms with Gasteiger partial charge in [0, 0.05) is 13.1 Å². The van der Waals surface area contributed by atoms with E-state index in [2.05, 4.69) is 50.2 Å². The Bertz CT molecular complexity index is 696. The summed E-state index contributed by atoms with van der Waals surface area (Å²) in [6, 6.07) is 18.7. The maximum Gasteiger partial charge on any atom is 0.229 e. The van der Waals surface area contributed by atoms with Crippen molar-refractivity contribution in [2.45, 2.75) is 39.3 Å². The minimum absolute atomic E-state index is 0.125. The summed E-state index contributed by atoms with van der Waals surface area (Å²) in [5, 5.41) is 0. The molecule has 0 bridgehead atoms. The van der Waals surface area contributed by atoms with Gasteiger partial charge in [0.05, 0.1) is 11.5 Å². The molecule has 2 aromatic rings. The van der Waals surface area contributed by atoms with E-state index in [1.54, 1.807) is 0 Å². The molecule has 1 heterocycles. The second-order valence-electron chi connectivity index (χ2n) is 7.09. The van der Waals surface area contributed by atoms with Crippen LogP contribution in [0.4, 0.5) is 0 Å². The average molecular weight is 322 g/mol. The first-order chi connectivity index (χ1) is 11.5. The van der Waals surface area contributed by atoms with Crippen molar-refractivity contribution >= 4 is 5.91 Å². The largest absolute Gasteiger partial charge is 0.335 e. The highest BCUT2D eigenvalue weighted by Crippen LogP contribution is 2.39. The molecule has 24 heavy (non-hydrogen) atoms. The predicted octanol–water partition coefficient (Wildman–Crippen LogP) is 3.69. The van der Waals surface area contributed by atoms with Crippen molar-refractivity contribution in [2.75, 3.05) is 6.54 Å². The molecule has 2 atom stereocenters. The van der Waals surface area contributed by atoms with Crippen molar-refractivity contribution in [2.24, 2.45) is 11.1 Å². The van der Waals surface area contributed by atoms with Gasteiger partial charge in [-0.25, -0.2) is 0 Å². The molecule has 1 fully saturated rings. The Morgan fingerprint density at radius 1 is 1.08 bits per heavy atom. The summed E-state index contributed by atoms with van der Waals surface area (Å²) in [5.74, 6) is 0.266. The number of hydrogen-bond donors (Lipinski definition) is 1. The van der Waals surface area contributed by atoms with E-state index < -0.39 is 0 Å². The van der Waals surface area contributed by atoms with Gasteiger partial charge in [-0.3, -0.25) is 4.79 Å². The van der Waals surface area contributed by atoms with Gasteiger partial charge < -0.3 is 10.6 Å². The molecular weight excluding hydrogens is 296 g/mol. The third-order valence-electron chi connectivity index (χ3n) is 5.28. The van der Waals surface area contributed by atoms with Crippen LogP contribution in [0, 0.1) is 5.41 Å². The van der Waals surface area contributed by atoms with Crippen LogP contribution in [0.3, 0.4) is 0 Å². The lowest BCUT2D eigenvalue weighted by atomic mass is 9.82. The summed E-state index contributed by atoms with van der Waals surface area (Å²) < 4.78 is 0. The Labute approximate surface area is 144 Å². The number of amides is 1. The number of nitrogens with two attached hydrogens (primary N) is 1. The normalized spacial score (nSPS) is 22.0. The number of carbonyl (C=O) groups excluding carboxylic acids is 1. The van der Waals surface area contributed by atoms with Crippen LogP contribution in [-0.2, 0) is 17.8 Å². The van der Waals surface area contributed by atoms with Crippen molar-refractivity contribution in [1.29, 1.82) is 0 Å². The van der Waals surface area contributed by atoms with Gasteiger partial charge >= 0.3 is 0 Å². The number of carbonyl (C=O) groups is 1. The first kappa shape index (κ1) is 16.7. The summed E-state index contributed by atoms with van der Waals surface area (Å²) in [4.78, 5) is 15.1. The highest BCUT2D eigenvalue weighted by molar-refractivity contribution is 5.85. The second kappa shape index (κ2) is 6.78. The molecule has 1 amide bonds. The third kappa shape index (κ3) is 3.22. The molecule has 1 saturated heterocycles. The molecule has 0 aliphatic carbocycles. The molecule has 0 spiro atoms. The molecule has 0 aromatic heterocycles. The molecular formula is C21H26N2O. The van der Waals surface area contributed by atoms with E-state index >= 15 is 0 Å². The predicted molar refractivity (Wildman–Crippen MR) is 97.3 cm³/mol. The fourth-order valence-electron chi connectivity index (χ4n) is 3.61. The molecule has 3 nitrogen and oxygen atoms in total. The lowest BCUT2D eigenvalue weighted by molar-refractivity contribution is -0.137. The fraction of sp³-hybridized carbons (Fsp3) is 0.381. The van der Waals surface area contributed by atoms with Crippen LogP contribution in [0.25, 0.3) is 0 Å². The molecule has 126 valence electrons. The quantitative estimate of drug-likeness (QED) is 0.912. The minimum Gasteiger partial charge on any atom is -0.335 e. The number of hydrogen-bond acceptors (Lipinski definition) is 2. The van der Waals surface area contributed by atoms with Crippen LogP contribution < -0.4 is 5.73 Å². The summed E-state index contributed by atoms with van der Waals surface area (Å²) in [6.07, 6.45) is 1.69. The lowest BCUT2D eigenvalue weighted by Gasteiger charge is -2.28. The number of likely N-dealkylation sites (tertiary alicyclic amines) is 1. The van der Waals surface area contributed by atoms with E-state index in [4.69, 9.17) is 5.73 Å². The van der Waals surface area contributed by atoms with Crippen molar-refractivity contribution in [3.63, 3.8) is 0 Å². The molecule has 1 aliphatic heterocycles. The number of rotatable bonds is 5. The summed E-state index contributed by atoms with van der Waals surface area (Å²) in [7, 11) is 0. The smallest absolute Gasteiger partial charge is 0.229 e. The Balaban J connectivity index is 1.74. The van der Waals surface area contributed by atoms with E-state index in [9.17, 15) is 4.79 Å². The topological polar surface area (TPSA) is 46.3 Å². The van der Waals surface area contributed by atoms with E-state index in [1.807, 2.05) is 23.1 Å². The van der Waals surface area contributed by atoms with Crippen LogP contribution >= 0.6 is 0 Å². The Hall–Kier alpha value is -2.13. The van der Waals surface area contributed by atoms with Crippen molar-refractivity contribution in [3.05, 3.63) is 71.3 Å². The van der Waals surface area contributed by atoms with Gasteiger partial charge in [-0.2, -0.15) is 0 Å².